The van der Waals surface area contributed by atoms with E-state index in [1.807, 2.05) is 0 Å². The smallest absolute Gasteiger partial charge is 0.325 e. The summed E-state index contributed by atoms with van der Waals surface area (Å²) >= 11 is 0. The third-order valence-electron chi connectivity index (χ3n) is 3.30. The summed E-state index contributed by atoms with van der Waals surface area (Å²) in [4.78, 5) is 0. The average molecular weight is 202 g/mol. The summed E-state index contributed by atoms with van der Waals surface area (Å²) in [6.07, 6.45) is 0. The van der Waals surface area contributed by atoms with E-state index in [-0.39, 0.29) is 12.5 Å². The lowest BCUT2D eigenvalue weighted by Crippen LogP contribution is -2.25. The zero-order valence-electron chi connectivity index (χ0n) is 10.3. The van der Waals surface area contributed by atoms with Crippen LogP contribution in [0.5, 0.6) is 0 Å². The molecule has 15 heavy (non-hydrogen) atoms. The topological polar surface area (TPSA) is 9.23 Å². The zero-order valence-corrected chi connectivity index (χ0v) is 10.3. The molecule has 0 atom stereocenters. The number of hydrogen-bond acceptors (Lipinski definition) is 1. The van der Waals surface area contributed by atoms with E-state index < -0.39 is 0 Å². The van der Waals surface area contributed by atoms with E-state index in [1.54, 1.807) is 0 Å². The molecule has 0 spiro atoms. The van der Waals surface area contributed by atoms with Gasteiger partial charge in [0.1, 0.15) is 0 Å². The second-order valence-corrected chi connectivity index (χ2v) is 5.27. The lowest BCUT2D eigenvalue weighted by Gasteiger charge is -2.20. The van der Waals surface area contributed by atoms with Gasteiger partial charge in [0.15, 0.2) is 0 Å². The molecule has 0 bridgehead atoms. The summed E-state index contributed by atoms with van der Waals surface area (Å²) in [5.41, 5.74) is 4.00. The Hall–Kier alpha value is -0.755. The maximum absolute atomic E-state index is 5.95. The molecule has 0 aliphatic carbocycles. The molecule has 0 amide bonds. The molecular weight excluding hydrogens is 183 g/mol. The van der Waals surface area contributed by atoms with Gasteiger partial charge in [-0.1, -0.05) is 38.9 Å². The van der Waals surface area contributed by atoms with E-state index >= 15 is 0 Å². The van der Waals surface area contributed by atoms with Crippen LogP contribution in [0.3, 0.4) is 0 Å². The third-order valence-corrected chi connectivity index (χ3v) is 3.30. The summed E-state index contributed by atoms with van der Waals surface area (Å²) in [7, 11) is 0. The van der Waals surface area contributed by atoms with Crippen LogP contribution in [0, 0.1) is 0 Å². The van der Waals surface area contributed by atoms with Gasteiger partial charge in [0, 0.05) is 0 Å². The Morgan fingerprint density at radius 1 is 1.27 bits per heavy atom. The minimum absolute atomic E-state index is 0.121. The standard InChI is InChI=1S/C13H19BO/c1-9(2)10-6-7-11-12(8-10)14(5)15-13(11,3)4/h6-9H,1-5H3. The van der Waals surface area contributed by atoms with Crippen LogP contribution in [0.25, 0.3) is 0 Å². The molecule has 0 saturated heterocycles. The third kappa shape index (κ3) is 1.72. The summed E-state index contributed by atoms with van der Waals surface area (Å²) in [6, 6.07) is 6.76. The highest BCUT2D eigenvalue weighted by Crippen LogP contribution is 2.31. The SMILES string of the molecule is CB1OC(C)(C)c2ccc(C(C)C)cc21. The zero-order chi connectivity index (χ0) is 11.2. The predicted octanol–water partition coefficient (Wildman–Crippen LogP) is 2.90. The first kappa shape index (κ1) is 10.8. The van der Waals surface area contributed by atoms with Crippen molar-refractivity contribution >= 4 is 12.4 Å². The van der Waals surface area contributed by atoms with Gasteiger partial charge in [-0.05, 0) is 36.4 Å². The van der Waals surface area contributed by atoms with Crippen molar-refractivity contribution in [3.8, 4) is 0 Å². The van der Waals surface area contributed by atoms with E-state index in [2.05, 4.69) is 52.7 Å². The van der Waals surface area contributed by atoms with Crippen LogP contribution in [0.15, 0.2) is 18.2 Å². The van der Waals surface area contributed by atoms with Gasteiger partial charge in [0.05, 0.1) is 5.60 Å². The van der Waals surface area contributed by atoms with Crippen LogP contribution in [0.1, 0.15) is 44.7 Å². The first-order valence-electron chi connectivity index (χ1n) is 5.74. The predicted molar refractivity (Wildman–Crippen MR) is 65.9 cm³/mol. The van der Waals surface area contributed by atoms with Crippen LogP contribution in [-0.4, -0.2) is 6.92 Å². The highest BCUT2D eigenvalue weighted by molar-refractivity contribution is 6.67. The van der Waals surface area contributed by atoms with Gasteiger partial charge in [0.25, 0.3) is 0 Å². The number of rotatable bonds is 1. The Labute approximate surface area is 93.0 Å². The molecule has 0 fully saturated rings. The largest absolute Gasteiger partial charge is 0.422 e. The lowest BCUT2D eigenvalue weighted by molar-refractivity contribution is 0.124. The number of fused-ring (bicyclic) bond motifs is 1. The Morgan fingerprint density at radius 3 is 2.53 bits per heavy atom. The van der Waals surface area contributed by atoms with E-state index in [0.29, 0.717) is 5.92 Å². The normalized spacial score (nSPS) is 18.4. The molecule has 0 N–H and O–H groups in total. The van der Waals surface area contributed by atoms with Crippen LogP contribution < -0.4 is 5.46 Å². The molecular formula is C13H19BO. The van der Waals surface area contributed by atoms with Gasteiger partial charge < -0.3 is 4.65 Å². The van der Waals surface area contributed by atoms with Crippen molar-refractivity contribution in [2.24, 2.45) is 0 Å². The van der Waals surface area contributed by atoms with Crippen molar-refractivity contribution in [1.82, 2.24) is 0 Å². The Kier molecular flexibility index (Phi) is 2.42. The molecule has 0 unspecified atom stereocenters. The molecule has 2 rings (SSSR count). The van der Waals surface area contributed by atoms with Crippen molar-refractivity contribution < 1.29 is 4.65 Å². The van der Waals surface area contributed by atoms with Gasteiger partial charge in [-0.2, -0.15) is 0 Å². The monoisotopic (exact) mass is 202 g/mol. The maximum atomic E-state index is 5.95. The quantitative estimate of drug-likeness (QED) is 0.636. The van der Waals surface area contributed by atoms with Crippen molar-refractivity contribution in [3.63, 3.8) is 0 Å². The number of benzene rings is 1. The molecule has 0 radical (unpaired) electrons. The van der Waals surface area contributed by atoms with Crippen LogP contribution in [-0.2, 0) is 10.3 Å². The van der Waals surface area contributed by atoms with Crippen LogP contribution in [0.2, 0.25) is 6.82 Å². The minimum Gasteiger partial charge on any atom is -0.422 e. The molecule has 1 aromatic carbocycles. The van der Waals surface area contributed by atoms with Crippen LogP contribution >= 0.6 is 0 Å². The molecule has 2 heteroatoms. The van der Waals surface area contributed by atoms with Gasteiger partial charge in [-0.15, -0.1) is 0 Å². The first-order valence-corrected chi connectivity index (χ1v) is 5.74. The molecule has 0 saturated carbocycles. The molecule has 0 aromatic heterocycles. The lowest BCUT2D eigenvalue weighted by atomic mass is 9.63. The van der Waals surface area contributed by atoms with Crippen molar-refractivity contribution in [1.29, 1.82) is 0 Å². The Balaban J connectivity index is 2.51. The van der Waals surface area contributed by atoms with E-state index in [4.69, 9.17) is 4.65 Å². The van der Waals surface area contributed by atoms with Crippen LogP contribution in [0.4, 0.5) is 0 Å². The fourth-order valence-corrected chi connectivity index (χ4v) is 2.39. The van der Waals surface area contributed by atoms with Gasteiger partial charge >= 0.3 is 6.92 Å². The highest BCUT2D eigenvalue weighted by atomic mass is 16.5. The molecule has 1 heterocycles. The molecule has 1 aliphatic rings. The van der Waals surface area contributed by atoms with E-state index in [1.165, 1.54) is 16.6 Å². The molecule has 1 aromatic rings. The summed E-state index contributed by atoms with van der Waals surface area (Å²) in [6.45, 7) is 11.1. The van der Waals surface area contributed by atoms with Crippen molar-refractivity contribution in [3.05, 3.63) is 29.3 Å². The molecule has 1 nitrogen and oxygen atoms in total. The minimum atomic E-state index is -0.121. The summed E-state index contributed by atoms with van der Waals surface area (Å²) < 4.78 is 5.95. The molecule has 80 valence electrons. The Bertz CT molecular complexity index is 382. The first-order chi connectivity index (χ1) is 6.92. The second kappa shape index (κ2) is 3.38. The van der Waals surface area contributed by atoms with E-state index in [9.17, 15) is 0 Å². The maximum Gasteiger partial charge on any atom is 0.325 e. The highest BCUT2D eigenvalue weighted by Gasteiger charge is 2.37. The van der Waals surface area contributed by atoms with Gasteiger partial charge in [0.2, 0.25) is 0 Å². The van der Waals surface area contributed by atoms with Gasteiger partial charge in [-0.3, -0.25) is 0 Å². The fourth-order valence-electron chi connectivity index (χ4n) is 2.39. The van der Waals surface area contributed by atoms with Crippen molar-refractivity contribution in [2.45, 2.75) is 46.0 Å². The number of hydrogen-bond donors (Lipinski definition) is 0. The van der Waals surface area contributed by atoms with Crippen molar-refractivity contribution in [2.75, 3.05) is 0 Å². The summed E-state index contributed by atoms with van der Waals surface area (Å²) in [5, 5.41) is 0. The Morgan fingerprint density at radius 2 is 1.93 bits per heavy atom. The summed E-state index contributed by atoms with van der Waals surface area (Å²) in [5.74, 6) is 0.589. The van der Waals surface area contributed by atoms with E-state index in [0.717, 1.165) is 0 Å². The molecule has 1 aliphatic heterocycles. The average Bonchev–Trinajstić information content (AvgIpc) is 2.37. The fraction of sp³-hybridized carbons (Fsp3) is 0.538. The van der Waals surface area contributed by atoms with Gasteiger partial charge in [-0.25, -0.2) is 0 Å². The second-order valence-electron chi connectivity index (χ2n) is 5.27.